The SMILES string of the molecule is CNc1ncc(Br)c(NCc2ccccc2OC)n1. The number of benzene rings is 1. The number of aromatic nitrogens is 2. The van der Waals surface area contributed by atoms with E-state index in [1.165, 1.54) is 0 Å². The standard InChI is InChI=1S/C13H15BrN4O/c1-15-13-17-8-10(14)12(18-13)16-7-9-5-3-4-6-11(9)19-2/h3-6,8H,7H2,1-2H3,(H2,15,16,17,18). The fourth-order valence-electron chi connectivity index (χ4n) is 1.64. The third-order valence-electron chi connectivity index (χ3n) is 2.61. The van der Waals surface area contributed by atoms with Gasteiger partial charge in [-0.2, -0.15) is 4.98 Å². The molecule has 0 fully saturated rings. The lowest BCUT2D eigenvalue weighted by atomic mass is 10.2. The second-order valence-electron chi connectivity index (χ2n) is 3.81. The van der Waals surface area contributed by atoms with Crippen LogP contribution in [0.15, 0.2) is 34.9 Å². The zero-order valence-corrected chi connectivity index (χ0v) is 12.4. The van der Waals surface area contributed by atoms with Gasteiger partial charge in [-0.05, 0) is 22.0 Å². The molecule has 19 heavy (non-hydrogen) atoms. The van der Waals surface area contributed by atoms with Crippen molar-refractivity contribution in [3.8, 4) is 5.75 Å². The van der Waals surface area contributed by atoms with Crippen molar-refractivity contribution in [1.29, 1.82) is 0 Å². The Labute approximate surface area is 120 Å². The molecule has 0 amide bonds. The molecule has 0 aliphatic heterocycles. The van der Waals surface area contributed by atoms with Gasteiger partial charge >= 0.3 is 0 Å². The molecule has 0 bridgehead atoms. The molecule has 0 aliphatic rings. The Hall–Kier alpha value is -1.82. The van der Waals surface area contributed by atoms with Crippen LogP contribution < -0.4 is 15.4 Å². The summed E-state index contributed by atoms with van der Waals surface area (Å²) in [5.74, 6) is 2.17. The number of anilines is 2. The molecule has 0 aliphatic carbocycles. The van der Waals surface area contributed by atoms with Crippen LogP contribution in [0, 0.1) is 0 Å². The predicted octanol–water partition coefficient (Wildman–Crippen LogP) is 2.90. The first-order valence-corrected chi connectivity index (χ1v) is 6.60. The van der Waals surface area contributed by atoms with E-state index in [1.807, 2.05) is 24.3 Å². The molecule has 1 aromatic heterocycles. The number of ether oxygens (including phenoxy) is 1. The number of rotatable bonds is 5. The van der Waals surface area contributed by atoms with E-state index in [0.717, 1.165) is 21.6 Å². The van der Waals surface area contributed by atoms with E-state index in [0.29, 0.717) is 12.5 Å². The summed E-state index contributed by atoms with van der Waals surface area (Å²) >= 11 is 3.42. The summed E-state index contributed by atoms with van der Waals surface area (Å²) in [7, 11) is 3.45. The topological polar surface area (TPSA) is 59.1 Å². The number of para-hydroxylation sites is 1. The van der Waals surface area contributed by atoms with Crippen LogP contribution in [0.25, 0.3) is 0 Å². The van der Waals surface area contributed by atoms with Crippen molar-refractivity contribution in [3.63, 3.8) is 0 Å². The van der Waals surface area contributed by atoms with Crippen LogP contribution in [-0.4, -0.2) is 24.1 Å². The van der Waals surface area contributed by atoms with E-state index >= 15 is 0 Å². The number of hydrogen-bond acceptors (Lipinski definition) is 5. The van der Waals surface area contributed by atoms with E-state index in [4.69, 9.17) is 4.74 Å². The van der Waals surface area contributed by atoms with Crippen molar-refractivity contribution >= 4 is 27.7 Å². The molecule has 5 nitrogen and oxygen atoms in total. The molecule has 0 saturated heterocycles. The second-order valence-corrected chi connectivity index (χ2v) is 4.66. The monoisotopic (exact) mass is 322 g/mol. The third kappa shape index (κ3) is 3.35. The van der Waals surface area contributed by atoms with Gasteiger partial charge in [0.05, 0.1) is 11.6 Å². The van der Waals surface area contributed by atoms with Crippen LogP contribution in [0.5, 0.6) is 5.75 Å². The Bertz CT molecular complexity index is 562. The van der Waals surface area contributed by atoms with Crippen LogP contribution in [0.3, 0.4) is 0 Å². The van der Waals surface area contributed by atoms with Crippen LogP contribution in [-0.2, 0) is 6.54 Å². The highest BCUT2D eigenvalue weighted by atomic mass is 79.9. The fourth-order valence-corrected chi connectivity index (χ4v) is 1.97. The van der Waals surface area contributed by atoms with Gasteiger partial charge in [0.25, 0.3) is 0 Å². The van der Waals surface area contributed by atoms with Crippen LogP contribution in [0.4, 0.5) is 11.8 Å². The molecule has 100 valence electrons. The van der Waals surface area contributed by atoms with Crippen molar-refractivity contribution in [2.45, 2.75) is 6.54 Å². The van der Waals surface area contributed by atoms with Crippen molar-refractivity contribution in [3.05, 3.63) is 40.5 Å². The maximum Gasteiger partial charge on any atom is 0.224 e. The quantitative estimate of drug-likeness (QED) is 0.886. The molecule has 0 saturated carbocycles. The molecule has 0 radical (unpaired) electrons. The molecule has 1 aromatic carbocycles. The van der Waals surface area contributed by atoms with Gasteiger partial charge in [-0.25, -0.2) is 4.98 Å². The summed E-state index contributed by atoms with van der Waals surface area (Å²) in [5, 5.41) is 6.17. The molecule has 6 heteroatoms. The smallest absolute Gasteiger partial charge is 0.224 e. The average molecular weight is 323 g/mol. The summed E-state index contributed by atoms with van der Waals surface area (Å²) in [6.45, 7) is 0.628. The van der Waals surface area contributed by atoms with Gasteiger partial charge in [-0.15, -0.1) is 0 Å². The lowest BCUT2D eigenvalue weighted by Crippen LogP contribution is -2.06. The van der Waals surface area contributed by atoms with E-state index in [9.17, 15) is 0 Å². The first-order chi connectivity index (χ1) is 9.24. The Morgan fingerprint density at radius 3 is 2.84 bits per heavy atom. The largest absolute Gasteiger partial charge is 0.496 e. The number of methoxy groups -OCH3 is 1. The number of nitrogens with one attached hydrogen (secondary N) is 2. The zero-order valence-electron chi connectivity index (χ0n) is 10.8. The van der Waals surface area contributed by atoms with E-state index in [1.54, 1.807) is 20.4 Å². The Kier molecular flexibility index (Phi) is 4.57. The third-order valence-corrected chi connectivity index (χ3v) is 3.19. The molecule has 0 unspecified atom stereocenters. The van der Waals surface area contributed by atoms with Crippen molar-refractivity contribution in [1.82, 2.24) is 9.97 Å². The highest BCUT2D eigenvalue weighted by Gasteiger charge is 2.06. The van der Waals surface area contributed by atoms with Gasteiger partial charge in [0, 0.05) is 25.4 Å². The number of nitrogens with zero attached hydrogens (tertiary/aromatic N) is 2. The Morgan fingerprint density at radius 1 is 1.32 bits per heavy atom. The number of halogens is 1. The van der Waals surface area contributed by atoms with Crippen LogP contribution in [0.2, 0.25) is 0 Å². The van der Waals surface area contributed by atoms with Gasteiger partial charge in [-0.3, -0.25) is 0 Å². The minimum atomic E-state index is 0.575. The summed E-state index contributed by atoms with van der Waals surface area (Å²) in [6.07, 6.45) is 1.71. The van der Waals surface area contributed by atoms with E-state index in [2.05, 4.69) is 36.5 Å². The molecule has 2 aromatic rings. The van der Waals surface area contributed by atoms with Crippen molar-refractivity contribution < 1.29 is 4.74 Å². The van der Waals surface area contributed by atoms with Gasteiger partial charge in [-0.1, -0.05) is 18.2 Å². The zero-order chi connectivity index (χ0) is 13.7. The summed E-state index contributed by atoms with van der Waals surface area (Å²) in [4.78, 5) is 8.45. The van der Waals surface area contributed by atoms with Gasteiger partial charge in [0.15, 0.2) is 0 Å². The maximum absolute atomic E-state index is 5.31. The molecule has 2 N–H and O–H groups in total. The van der Waals surface area contributed by atoms with Crippen molar-refractivity contribution in [2.75, 3.05) is 24.8 Å². The Balaban J connectivity index is 2.14. The number of hydrogen-bond donors (Lipinski definition) is 2. The second kappa shape index (κ2) is 6.38. The molecule has 1 heterocycles. The van der Waals surface area contributed by atoms with E-state index in [-0.39, 0.29) is 0 Å². The lowest BCUT2D eigenvalue weighted by Gasteiger charge is -2.11. The fraction of sp³-hybridized carbons (Fsp3) is 0.231. The van der Waals surface area contributed by atoms with Gasteiger partial charge < -0.3 is 15.4 Å². The normalized spacial score (nSPS) is 10.1. The summed E-state index contributed by atoms with van der Waals surface area (Å²) in [6, 6.07) is 7.88. The van der Waals surface area contributed by atoms with Gasteiger partial charge in [0.2, 0.25) is 5.95 Å². The maximum atomic E-state index is 5.31. The highest BCUT2D eigenvalue weighted by Crippen LogP contribution is 2.23. The predicted molar refractivity (Wildman–Crippen MR) is 79.6 cm³/mol. The highest BCUT2D eigenvalue weighted by molar-refractivity contribution is 9.10. The minimum absolute atomic E-state index is 0.575. The van der Waals surface area contributed by atoms with E-state index < -0.39 is 0 Å². The van der Waals surface area contributed by atoms with Crippen molar-refractivity contribution in [2.24, 2.45) is 0 Å². The molecule has 0 spiro atoms. The molecular formula is C13H15BrN4O. The average Bonchev–Trinajstić information content (AvgIpc) is 2.46. The lowest BCUT2D eigenvalue weighted by molar-refractivity contribution is 0.410. The first-order valence-electron chi connectivity index (χ1n) is 5.80. The van der Waals surface area contributed by atoms with Crippen LogP contribution in [0.1, 0.15) is 5.56 Å². The van der Waals surface area contributed by atoms with Crippen LogP contribution >= 0.6 is 15.9 Å². The molecule has 0 atom stereocenters. The molecular weight excluding hydrogens is 308 g/mol. The minimum Gasteiger partial charge on any atom is -0.496 e. The summed E-state index contributed by atoms with van der Waals surface area (Å²) in [5.41, 5.74) is 1.07. The first kappa shape index (κ1) is 13.6. The molecule has 2 rings (SSSR count). The van der Waals surface area contributed by atoms with Gasteiger partial charge in [0.1, 0.15) is 11.6 Å². The summed E-state index contributed by atoms with van der Waals surface area (Å²) < 4.78 is 6.13. The Morgan fingerprint density at radius 2 is 2.11 bits per heavy atom.